The van der Waals surface area contributed by atoms with Crippen LogP contribution in [-0.2, 0) is 9.84 Å². The van der Waals surface area contributed by atoms with Gasteiger partial charge in [0.2, 0.25) is 0 Å². The number of aromatic nitrogens is 2. The van der Waals surface area contributed by atoms with Crippen LogP contribution in [0.5, 0.6) is 0 Å². The number of carbonyl (C=O) groups is 1. The molecular weight excluding hydrogens is 414 g/mol. The fourth-order valence-electron chi connectivity index (χ4n) is 3.35. The highest BCUT2D eigenvalue weighted by molar-refractivity contribution is 7.93. The van der Waals surface area contributed by atoms with Gasteiger partial charge in [0.15, 0.2) is 9.84 Å². The predicted molar refractivity (Wildman–Crippen MR) is 109 cm³/mol. The summed E-state index contributed by atoms with van der Waals surface area (Å²) in [6, 6.07) is 2.76. The van der Waals surface area contributed by atoms with E-state index in [0.717, 1.165) is 18.1 Å². The molecule has 1 aromatic carbocycles. The fraction of sp³-hybridized carbons (Fsp3) is 0.350. The molecule has 3 rings (SSSR count). The fourth-order valence-corrected chi connectivity index (χ4v) is 3.87. The van der Waals surface area contributed by atoms with Crippen LogP contribution in [-0.4, -0.2) is 43.1 Å². The van der Waals surface area contributed by atoms with Crippen LogP contribution in [0, 0.1) is 11.6 Å². The van der Waals surface area contributed by atoms with Crippen LogP contribution in [0.25, 0.3) is 0 Å². The first-order valence-corrected chi connectivity index (χ1v) is 11.3. The molecule has 0 aliphatic carbocycles. The van der Waals surface area contributed by atoms with E-state index in [4.69, 9.17) is 0 Å². The van der Waals surface area contributed by atoms with Gasteiger partial charge in [0.25, 0.3) is 5.91 Å². The van der Waals surface area contributed by atoms with Gasteiger partial charge in [-0.05, 0) is 31.9 Å². The second-order valence-electron chi connectivity index (χ2n) is 7.17. The first-order chi connectivity index (χ1) is 14.2. The van der Waals surface area contributed by atoms with Crippen molar-refractivity contribution in [3.63, 3.8) is 0 Å². The van der Waals surface area contributed by atoms with Crippen molar-refractivity contribution >= 4 is 21.6 Å². The van der Waals surface area contributed by atoms with Gasteiger partial charge in [-0.2, -0.15) is 0 Å². The molecule has 0 radical (unpaired) electrons. The van der Waals surface area contributed by atoms with E-state index in [1.807, 2.05) is 0 Å². The lowest BCUT2D eigenvalue weighted by atomic mass is 10.0. The third kappa shape index (κ3) is 5.18. The maximum absolute atomic E-state index is 14.2. The van der Waals surface area contributed by atoms with Crippen LogP contribution < -0.4 is 10.2 Å². The van der Waals surface area contributed by atoms with Crippen LogP contribution >= 0.6 is 0 Å². The lowest BCUT2D eigenvalue weighted by Gasteiger charge is -2.26. The Bertz CT molecular complexity index is 1040. The minimum atomic E-state index is -3.29. The number of amides is 1. The second kappa shape index (κ2) is 8.86. The summed E-state index contributed by atoms with van der Waals surface area (Å²) in [4.78, 5) is 22.4. The maximum atomic E-state index is 14.2. The van der Waals surface area contributed by atoms with Crippen molar-refractivity contribution in [1.29, 1.82) is 0 Å². The van der Waals surface area contributed by atoms with E-state index in [1.165, 1.54) is 36.7 Å². The molecule has 2 aromatic rings. The number of nitrogens with zero attached hydrogens (tertiary/aromatic N) is 3. The molecule has 0 spiro atoms. The van der Waals surface area contributed by atoms with Crippen LogP contribution in [0.4, 0.5) is 14.6 Å². The first-order valence-electron chi connectivity index (χ1n) is 9.37. The van der Waals surface area contributed by atoms with Gasteiger partial charge in [0.1, 0.15) is 23.1 Å². The highest BCUT2D eigenvalue weighted by atomic mass is 32.2. The maximum Gasteiger partial charge on any atom is 0.271 e. The Kier molecular flexibility index (Phi) is 6.45. The molecule has 1 aliphatic rings. The third-order valence-corrected chi connectivity index (χ3v) is 5.38. The topological polar surface area (TPSA) is 92.3 Å². The molecular formula is C20H22F2N4O3S. The molecule has 0 saturated carbocycles. The zero-order valence-corrected chi connectivity index (χ0v) is 17.4. The standard InChI is InChI=1S/C20H22F2N4O3S/c1-13(8-10-30(2,28)29)25-20(27)16-11-24-18(12-23-16)26-9-4-7-17(26)19-14(21)5-3-6-15(19)22/h3,5-6,8,10-13,17H,4,7,9H2,1-2H3,(H,25,27)/b10-8+/t13-,17+/m1/s1. The Labute approximate surface area is 173 Å². The van der Waals surface area contributed by atoms with Gasteiger partial charge in [0.05, 0.1) is 18.4 Å². The second-order valence-corrected chi connectivity index (χ2v) is 9.10. The van der Waals surface area contributed by atoms with Gasteiger partial charge in [-0.15, -0.1) is 0 Å². The van der Waals surface area contributed by atoms with Crippen molar-refractivity contribution in [2.24, 2.45) is 0 Å². The monoisotopic (exact) mass is 436 g/mol. The summed E-state index contributed by atoms with van der Waals surface area (Å²) < 4.78 is 50.7. The van der Waals surface area contributed by atoms with E-state index in [2.05, 4.69) is 15.3 Å². The summed E-state index contributed by atoms with van der Waals surface area (Å²) in [5.41, 5.74) is 0.0521. The van der Waals surface area contributed by atoms with E-state index in [0.29, 0.717) is 18.8 Å². The number of rotatable bonds is 6. The average molecular weight is 436 g/mol. The van der Waals surface area contributed by atoms with Crippen LogP contribution in [0.1, 0.15) is 41.9 Å². The van der Waals surface area contributed by atoms with Crippen LogP contribution in [0.3, 0.4) is 0 Å². The Morgan fingerprint density at radius 3 is 2.57 bits per heavy atom. The number of halogens is 2. The molecule has 1 saturated heterocycles. The molecule has 2 atom stereocenters. The SMILES string of the molecule is C[C@H](/C=C/S(C)(=O)=O)NC(=O)c1cnc(N2CCC[C@H]2c2c(F)cccc2F)cn1. The predicted octanol–water partition coefficient (Wildman–Crippen LogP) is 2.77. The summed E-state index contributed by atoms with van der Waals surface area (Å²) in [5.74, 6) is -1.31. The largest absolute Gasteiger partial charge is 0.348 e. The van der Waals surface area contributed by atoms with Gasteiger partial charge < -0.3 is 10.2 Å². The minimum absolute atomic E-state index is 0.00473. The average Bonchev–Trinajstić information content (AvgIpc) is 3.15. The van der Waals surface area contributed by atoms with E-state index < -0.39 is 39.5 Å². The summed E-state index contributed by atoms with van der Waals surface area (Å²) in [6.45, 7) is 2.19. The van der Waals surface area contributed by atoms with Gasteiger partial charge in [-0.25, -0.2) is 27.2 Å². The third-order valence-electron chi connectivity index (χ3n) is 4.72. The number of sulfone groups is 1. The number of anilines is 1. The molecule has 2 heterocycles. The molecule has 1 aromatic heterocycles. The van der Waals surface area contributed by atoms with Crippen molar-refractivity contribution in [2.45, 2.75) is 31.8 Å². The Morgan fingerprint density at radius 2 is 1.97 bits per heavy atom. The highest BCUT2D eigenvalue weighted by Gasteiger charge is 2.31. The van der Waals surface area contributed by atoms with Crippen molar-refractivity contribution in [2.75, 3.05) is 17.7 Å². The molecule has 1 N–H and O–H groups in total. The molecule has 1 fully saturated rings. The summed E-state index contributed by atoms with van der Waals surface area (Å²) >= 11 is 0. The number of benzene rings is 1. The minimum Gasteiger partial charge on any atom is -0.348 e. The molecule has 30 heavy (non-hydrogen) atoms. The van der Waals surface area contributed by atoms with Gasteiger partial charge in [0, 0.05) is 29.8 Å². The quantitative estimate of drug-likeness (QED) is 0.749. The van der Waals surface area contributed by atoms with Crippen LogP contribution in [0.2, 0.25) is 0 Å². The number of nitrogens with one attached hydrogen (secondary N) is 1. The molecule has 0 unspecified atom stereocenters. The van der Waals surface area contributed by atoms with Gasteiger partial charge in [-0.3, -0.25) is 4.79 Å². The van der Waals surface area contributed by atoms with Crippen molar-refractivity contribution in [1.82, 2.24) is 15.3 Å². The zero-order chi connectivity index (χ0) is 21.9. The zero-order valence-electron chi connectivity index (χ0n) is 16.5. The van der Waals surface area contributed by atoms with Crippen molar-refractivity contribution in [3.05, 3.63) is 65.0 Å². The van der Waals surface area contributed by atoms with Gasteiger partial charge in [-0.1, -0.05) is 12.1 Å². The lowest BCUT2D eigenvalue weighted by Crippen LogP contribution is -2.32. The first kappa shape index (κ1) is 21.8. The molecule has 160 valence electrons. The summed E-state index contributed by atoms with van der Waals surface area (Å²) in [6.07, 6.45) is 6.40. The summed E-state index contributed by atoms with van der Waals surface area (Å²) in [5, 5.41) is 3.62. The lowest BCUT2D eigenvalue weighted by molar-refractivity contribution is 0.0941. The highest BCUT2D eigenvalue weighted by Crippen LogP contribution is 2.37. The van der Waals surface area contributed by atoms with E-state index in [1.54, 1.807) is 11.8 Å². The molecule has 0 bridgehead atoms. The number of carbonyl (C=O) groups excluding carboxylic acids is 1. The van der Waals surface area contributed by atoms with Crippen LogP contribution in [0.15, 0.2) is 42.1 Å². The Morgan fingerprint density at radius 1 is 1.27 bits per heavy atom. The summed E-state index contributed by atoms with van der Waals surface area (Å²) in [7, 11) is -3.29. The molecule has 1 amide bonds. The molecule has 1 aliphatic heterocycles. The van der Waals surface area contributed by atoms with E-state index >= 15 is 0 Å². The van der Waals surface area contributed by atoms with E-state index in [9.17, 15) is 22.0 Å². The van der Waals surface area contributed by atoms with Crippen molar-refractivity contribution < 1.29 is 22.0 Å². The molecule has 10 heteroatoms. The number of hydrogen-bond acceptors (Lipinski definition) is 6. The van der Waals surface area contributed by atoms with E-state index in [-0.39, 0.29) is 11.3 Å². The normalized spacial score (nSPS) is 18.0. The molecule has 7 nitrogen and oxygen atoms in total. The van der Waals surface area contributed by atoms with Gasteiger partial charge >= 0.3 is 0 Å². The smallest absolute Gasteiger partial charge is 0.271 e. The Balaban J connectivity index is 1.73. The Hall–Kier alpha value is -2.88. The number of hydrogen-bond donors (Lipinski definition) is 1. The van der Waals surface area contributed by atoms with Crippen molar-refractivity contribution in [3.8, 4) is 0 Å².